The lowest BCUT2D eigenvalue weighted by molar-refractivity contribution is -0.145. The van der Waals surface area contributed by atoms with Crippen LogP contribution in [0.5, 0.6) is 0 Å². The fraction of sp³-hybridized carbons (Fsp3) is 0.286. The maximum absolute atomic E-state index is 11.9. The number of hydrogen-bond acceptors (Lipinski definition) is 3. The van der Waals surface area contributed by atoms with E-state index < -0.39 is 12.0 Å². The average molecular weight is 190 g/mol. The zero-order chi connectivity index (χ0) is 9.90. The van der Waals surface area contributed by atoms with Crippen molar-refractivity contribution in [3.8, 4) is 0 Å². The molecule has 0 radical (unpaired) electrons. The van der Waals surface area contributed by atoms with Gasteiger partial charge in [0.2, 0.25) is 5.82 Å². The number of aromatic nitrogens is 2. The van der Waals surface area contributed by atoms with Gasteiger partial charge in [0.25, 0.3) is 0 Å². The van der Waals surface area contributed by atoms with Crippen LogP contribution in [0.2, 0.25) is 0 Å². The minimum Gasteiger partial charge on any atom is -0.303 e. The molecular weight excluding hydrogens is 185 g/mol. The molecule has 0 fully saturated rings. The van der Waals surface area contributed by atoms with E-state index in [-0.39, 0.29) is 6.42 Å². The molecule has 0 aromatic carbocycles. The molecule has 1 aromatic rings. The molecule has 6 heteroatoms. The van der Waals surface area contributed by atoms with Crippen LogP contribution in [0.4, 0.5) is 13.2 Å². The summed E-state index contributed by atoms with van der Waals surface area (Å²) in [5.74, 6) is -1.19. The molecule has 1 aromatic heterocycles. The molecule has 0 bridgehead atoms. The Labute approximate surface area is 71.6 Å². The first-order valence-electron chi connectivity index (χ1n) is 3.36. The number of nitrogens with zero attached hydrogens (tertiary/aromatic N) is 2. The van der Waals surface area contributed by atoms with E-state index in [9.17, 15) is 18.0 Å². The topological polar surface area (TPSA) is 42.9 Å². The van der Waals surface area contributed by atoms with Crippen LogP contribution in [0.15, 0.2) is 12.4 Å². The molecule has 0 spiro atoms. The van der Waals surface area contributed by atoms with Gasteiger partial charge in [-0.05, 0) is 5.56 Å². The highest BCUT2D eigenvalue weighted by molar-refractivity contribution is 5.54. The smallest absolute Gasteiger partial charge is 0.303 e. The van der Waals surface area contributed by atoms with Crippen molar-refractivity contribution < 1.29 is 18.0 Å². The van der Waals surface area contributed by atoms with Crippen LogP contribution in [-0.2, 0) is 17.4 Å². The fourth-order valence-corrected chi connectivity index (χ4v) is 0.703. The molecule has 1 heterocycles. The summed E-state index contributed by atoms with van der Waals surface area (Å²) in [6.07, 6.45) is -1.95. The molecule has 3 nitrogen and oxygen atoms in total. The first-order valence-corrected chi connectivity index (χ1v) is 3.36. The van der Waals surface area contributed by atoms with Crippen molar-refractivity contribution in [2.75, 3.05) is 0 Å². The normalized spacial score (nSPS) is 11.3. The van der Waals surface area contributed by atoms with Gasteiger partial charge >= 0.3 is 6.18 Å². The summed E-state index contributed by atoms with van der Waals surface area (Å²) in [4.78, 5) is 16.1. The summed E-state index contributed by atoms with van der Waals surface area (Å²) in [5.41, 5.74) is 0.364. The Bertz CT molecular complexity index is 294. The van der Waals surface area contributed by atoms with Crippen molar-refractivity contribution in [2.45, 2.75) is 12.6 Å². The molecule has 1 rings (SSSR count). The highest BCUT2D eigenvalue weighted by Gasteiger charge is 2.34. The SMILES string of the molecule is O=CCc1cnc(C(F)(F)F)nc1. The minimum atomic E-state index is -4.53. The third-order valence-corrected chi connectivity index (χ3v) is 1.28. The zero-order valence-corrected chi connectivity index (χ0v) is 6.38. The van der Waals surface area contributed by atoms with Crippen molar-refractivity contribution in [2.24, 2.45) is 0 Å². The van der Waals surface area contributed by atoms with Crippen LogP contribution < -0.4 is 0 Å². The largest absolute Gasteiger partial charge is 0.451 e. The summed E-state index contributed by atoms with van der Waals surface area (Å²) in [6.45, 7) is 0. The second kappa shape index (κ2) is 3.51. The predicted octanol–water partition coefficient (Wildman–Crippen LogP) is 1.24. The predicted molar refractivity (Wildman–Crippen MR) is 36.8 cm³/mol. The molecule has 0 saturated carbocycles. The Morgan fingerprint density at radius 3 is 2.23 bits per heavy atom. The van der Waals surface area contributed by atoms with Gasteiger partial charge in [-0.2, -0.15) is 13.2 Å². The Morgan fingerprint density at radius 1 is 1.31 bits per heavy atom. The van der Waals surface area contributed by atoms with Gasteiger partial charge in [0, 0.05) is 18.8 Å². The highest BCUT2D eigenvalue weighted by atomic mass is 19.4. The Hall–Kier alpha value is -1.46. The molecule has 0 atom stereocenters. The Morgan fingerprint density at radius 2 is 1.85 bits per heavy atom. The van der Waals surface area contributed by atoms with Crippen LogP contribution in [0.25, 0.3) is 0 Å². The Balaban J connectivity index is 2.87. The number of hydrogen-bond donors (Lipinski definition) is 0. The van der Waals surface area contributed by atoms with Gasteiger partial charge in [0.15, 0.2) is 0 Å². The van der Waals surface area contributed by atoms with Gasteiger partial charge in [0.1, 0.15) is 6.29 Å². The highest BCUT2D eigenvalue weighted by Crippen LogP contribution is 2.25. The second-order valence-corrected chi connectivity index (χ2v) is 2.28. The molecule has 0 N–H and O–H groups in total. The number of halogens is 3. The van der Waals surface area contributed by atoms with E-state index in [0.29, 0.717) is 11.8 Å². The minimum absolute atomic E-state index is 0.0259. The lowest BCUT2D eigenvalue weighted by atomic mass is 10.3. The maximum Gasteiger partial charge on any atom is 0.451 e. The summed E-state index contributed by atoms with van der Waals surface area (Å²) in [5, 5.41) is 0. The monoisotopic (exact) mass is 190 g/mol. The molecule has 0 unspecified atom stereocenters. The first kappa shape index (κ1) is 9.63. The summed E-state index contributed by atoms with van der Waals surface area (Å²) in [6, 6.07) is 0. The van der Waals surface area contributed by atoms with Crippen molar-refractivity contribution in [1.29, 1.82) is 0 Å². The van der Waals surface area contributed by atoms with Gasteiger partial charge in [-0.1, -0.05) is 0 Å². The van der Waals surface area contributed by atoms with E-state index in [1.54, 1.807) is 0 Å². The molecule has 0 aliphatic carbocycles. The number of alkyl halides is 3. The summed E-state index contributed by atoms with van der Waals surface area (Å²) >= 11 is 0. The quantitative estimate of drug-likeness (QED) is 0.659. The van der Waals surface area contributed by atoms with Gasteiger partial charge < -0.3 is 4.79 Å². The van der Waals surface area contributed by atoms with Crippen molar-refractivity contribution in [1.82, 2.24) is 9.97 Å². The van der Waals surface area contributed by atoms with E-state index in [4.69, 9.17) is 0 Å². The van der Waals surface area contributed by atoms with Gasteiger partial charge in [-0.15, -0.1) is 0 Å². The van der Waals surface area contributed by atoms with E-state index >= 15 is 0 Å². The van der Waals surface area contributed by atoms with Crippen LogP contribution in [0.1, 0.15) is 11.4 Å². The van der Waals surface area contributed by atoms with E-state index in [0.717, 1.165) is 12.4 Å². The maximum atomic E-state index is 11.9. The van der Waals surface area contributed by atoms with Crippen LogP contribution >= 0.6 is 0 Å². The number of carbonyl (C=O) groups is 1. The molecular formula is C7H5F3N2O. The number of rotatable bonds is 2. The summed E-state index contributed by atoms with van der Waals surface area (Å²) in [7, 11) is 0. The third-order valence-electron chi connectivity index (χ3n) is 1.28. The van der Waals surface area contributed by atoms with Gasteiger partial charge in [-0.3, -0.25) is 0 Å². The number of carbonyl (C=O) groups excluding carboxylic acids is 1. The van der Waals surface area contributed by atoms with Gasteiger partial charge in [-0.25, -0.2) is 9.97 Å². The lowest BCUT2D eigenvalue weighted by Gasteiger charge is -2.03. The molecule has 70 valence electrons. The van der Waals surface area contributed by atoms with Crippen molar-refractivity contribution in [3.05, 3.63) is 23.8 Å². The van der Waals surface area contributed by atoms with Gasteiger partial charge in [0.05, 0.1) is 0 Å². The van der Waals surface area contributed by atoms with Crippen molar-refractivity contribution >= 4 is 6.29 Å². The Kier molecular flexibility index (Phi) is 2.60. The van der Waals surface area contributed by atoms with Crippen LogP contribution in [0, 0.1) is 0 Å². The standard InChI is InChI=1S/C7H5F3N2O/c8-7(9,10)6-11-3-5(1-2-13)4-12-6/h2-4H,1H2. The third kappa shape index (κ3) is 2.50. The number of aldehydes is 1. The lowest BCUT2D eigenvalue weighted by Crippen LogP contribution is -2.10. The van der Waals surface area contributed by atoms with Crippen LogP contribution in [0.3, 0.4) is 0 Å². The molecule has 13 heavy (non-hydrogen) atoms. The van der Waals surface area contributed by atoms with E-state index in [1.807, 2.05) is 0 Å². The van der Waals surface area contributed by atoms with E-state index in [2.05, 4.69) is 9.97 Å². The molecule has 0 aliphatic heterocycles. The van der Waals surface area contributed by atoms with E-state index in [1.165, 1.54) is 0 Å². The second-order valence-electron chi connectivity index (χ2n) is 2.28. The first-order chi connectivity index (χ1) is 6.04. The molecule has 0 saturated heterocycles. The van der Waals surface area contributed by atoms with Crippen LogP contribution in [-0.4, -0.2) is 16.3 Å². The average Bonchev–Trinajstić information content (AvgIpc) is 2.04. The molecule has 0 aliphatic rings. The zero-order valence-electron chi connectivity index (χ0n) is 6.38. The fourth-order valence-electron chi connectivity index (χ4n) is 0.703. The summed E-state index contributed by atoms with van der Waals surface area (Å²) < 4.78 is 35.7. The molecule has 0 amide bonds. The van der Waals surface area contributed by atoms with Crippen molar-refractivity contribution in [3.63, 3.8) is 0 Å².